The fourth-order valence-electron chi connectivity index (χ4n) is 6.69. The molecule has 3 heterocycles. The van der Waals surface area contributed by atoms with E-state index in [9.17, 15) is 19.5 Å². The van der Waals surface area contributed by atoms with Gasteiger partial charge in [-0.25, -0.2) is 0 Å². The summed E-state index contributed by atoms with van der Waals surface area (Å²) in [6.45, 7) is 1.55. The maximum atomic E-state index is 13.8. The first-order chi connectivity index (χ1) is 17.9. The minimum atomic E-state index is -1.14. The van der Waals surface area contributed by atoms with Crippen molar-refractivity contribution in [2.24, 2.45) is 11.8 Å². The topological polar surface area (TPSA) is 108 Å². The Hall–Kier alpha value is -3.75. The van der Waals surface area contributed by atoms with Crippen molar-refractivity contribution in [3.63, 3.8) is 0 Å². The van der Waals surface area contributed by atoms with Gasteiger partial charge in [-0.2, -0.15) is 0 Å². The zero-order valence-electron chi connectivity index (χ0n) is 20.5. The van der Waals surface area contributed by atoms with Crippen LogP contribution in [0.25, 0.3) is 10.8 Å². The van der Waals surface area contributed by atoms with E-state index in [1.807, 2.05) is 67.6 Å². The number of likely N-dealkylation sites (tertiary alicyclic amines) is 1. The lowest BCUT2D eigenvalue weighted by molar-refractivity contribution is -0.143. The largest absolute Gasteiger partial charge is 0.395 e. The Morgan fingerprint density at radius 2 is 1.65 bits per heavy atom. The van der Waals surface area contributed by atoms with Crippen molar-refractivity contribution in [3.8, 4) is 0 Å². The Labute approximate surface area is 214 Å². The second-order valence-electron chi connectivity index (χ2n) is 10.4. The van der Waals surface area contributed by atoms with E-state index in [0.717, 1.165) is 10.8 Å². The quantitative estimate of drug-likeness (QED) is 0.483. The van der Waals surface area contributed by atoms with Crippen LogP contribution in [0.15, 0.2) is 72.8 Å². The number of carbonyl (C=O) groups is 3. The third-order valence-corrected chi connectivity index (χ3v) is 8.21. The van der Waals surface area contributed by atoms with Gasteiger partial charge in [0.15, 0.2) is 0 Å². The van der Waals surface area contributed by atoms with Crippen LogP contribution in [0.1, 0.15) is 19.8 Å². The predicted octanol–water partition coefficient (Wildman–Crippen LogP) is 3.17. The fraction of sp³-hybridized carbons (Fsp3) is 0.345. The summed E-state index contributed by atoms with van der Waals surface area (Å²) in [4.78, 5) is 42.5. The van der Waals surface area contributed by atoms with Gasteiger partial charge in [0.25, 0.3) is 0 Å². The molecule has 3 amide bonds. The number of hydrogen-bond donors (Lipinski definition) is 3. The Bertz CT molecular complexity index is 1390. The predicted molar refractivity (Wildman–Crippen MR) is 139 cm³/mol. The maximum absolute atomic E-state index is 13.8. The smallest absolute Gasteiger partial charge is 0.250 e. The second kappa shape index (κ2) is 8.68. The molecular formula is C29H29N3O5. The average molecular weight is 500 g/mol. The summed E-state index contributed by atoms with van der Waals surface area (Å²) < 4.78 is 6.57. The molecule has 1 spiro atoms. The highest BCUT2D eigenvalue weighted by atomic mass is 16.5. The minimum absolute atomic E-state index is 0.0139. The molecule has 37 heavy (non-hydrogen) atoms. The molecule has 3 aliphatic rings. The van der Waals surface area contributed by atoms with Crippen LogP contribution in [0.3, 0.4) is 0 Å². The number of aliphatic hydroxyl groups is 1. The molecule has 2 unspecified atom stereocenters. The Morgan fingerprint density at radius 3 is 2.41 bits per heavy atom. The molecular weight excluding hydrogens is 470 g/mol. The van der Waals surface area contributed by atoms with Crippen molar-refractivity contribution in [1.29, 1.82) is 0 Å². The van der Waals surface area contributed by atoms with Gasteiger partial charge in [-0.1, -0.05) is 48.5 Å². The SMILES string of the molecule is C[C@@]12CCC3(O1)C(C(=O)Nc1ccc4ccccc4c1)N(CCO)C(=O)[C@@H]3[C@@H]2C(=O)Nc1ccccc1. The number of hydrogen-bond acceptors (Lipinski definition) is 5. The van der Waals surface area contributed by atoms with Crippen molar-refractivity contribution < 1.29 is 24.2 Å². The molecule has 3 fully saturated rings. The summed E-state index contributed by atoms with van der Waals surface area (Å²) in [6, 6.07) is 21.6. The van der Waals surface area contributed by atoms with E-state index in [1.54, 1.807) is 12.1 Å². The van der Waals surface area contributed by atoms with Crippen molar-refractivity contribution in [1.82, 2.24) is 4.90 Å². The average Bonchev–Trinajstić information content (AvgIpc) is 3.45. The van der Waals surface area contributed by atoms with E-state index in [0.29, 0.717) is 24.2 Å². The lowest BCUT2D eigenvalue weighted by Crippen LogP contribution is -2.53. The monoisotopic (exact) mass is 499 g/mol. The summed E-state index contributed by atoms with van der Waals surface area (Å²) in [5, 5.41) is 17.7. The molecule has 8 nitrogen and oxygen atoms in total. The molecule has 190 valence electrons. The number of fused-ring (bicyclic) bond motifs is 2. The van der Waals surface area contributed by atoms with E-state index in [4.69, 9.17) is 4.74 Å². The van der Waals surface area contributed by atoms with Crippen LogP contribution in [0.5, 0.6) is 0 Å². The van der Waals surface area contributed by atoms with Crippen LogP contribution in [-0.2, 0) is 19.1 Å². The number of para-hydroxylation sites is 1. The van der Waals surface area contributed by atoms with Crippen LogP contribution >= 0.6 is 0 Å². The number of aliphatic hydroxyl groups excluding tert-OH is 1. The van der Waals surface area contributed by atoms with Gasteiger partial charge in [0, 0.05) is 17.9 Å². The van der Waals surface area contributed by atoms with Crippen molar-refractivity contribution in [2.75, 3.05) is 23.8 Å². The third kappa shape index (κ3) is 3.62. The minimum Gasteiger partial charge on any atom is -0.395 e. The van der Waals surface area contributed by atoms with Gasteiger partial charge in [0.1, 0.15) is 11.6 Å². The Balaban J connectivity index is 1.33. The number of benzene rings is 3. The number of amides is 3. The van der Waals surface area contributed by atoms with Gasteiger partial charge < -0.3 is 25.4 Å². The first-order valence-corrected chi connectivity index (χ1v) is 12.6. The van der Waals surface area contributed by atoms with E-state index in [-0.39, 0.29) is 30.9 Å². The number of nitrogens with zero attached hydrogens (tertiary/aromatic N) is 1. The number of ether oxygens (including phenoxy) is 1. The summed E-state index contributed by atoms with van der Waals surface area (Å²) >= 11 is 0. The summed E-state index contributed by atoms with van der Waals surface area (Å²) in [5.74, 6) is -2.58. The van der Waals surface area contributed by atoms with E-state index < -0.39 is 29.1 Å². The number of carbonyl (C=O) groups excluding carboxylic acids is 3. The number of nitrogens with one attached hydrogen (secondary N) is 2. The summed E-state index contributed by atoms with van der Waals surface area (Å²) in [7, 11) is 0. The molecule has 2 bridgehead atoms. The molecule has 3 saturated heterocycles. The molecule has 0 saturated carbocycles. The highest BCUT2D eigenvalue weighted by Gasteiger charge is 2.77. The van der Waals surface area contributed by atoms with Crippen molar-refractivity contribution >= 4 is 39.9 Å². The first-order valence-electron chi connectivity index (χ1n) is 12.6. The number of β-amino-alcohol motifs (C(OH)–C–C–N with tert-alkyl or cyclic N) is 1. The highest BCUT2D eigenvalue weighted by molar-refractivity contribution is 6.05. The molecule has 8 heteroatoms. The van der Waals surface area contributed by atoms with E-state index >= 15 is 0 Å². The number of anilines is 2. The lowest BCUT2D eigenvalue weighted by atomic mass is 9.66. The molecule has 3 aliphatic heterocycles. The highest BCUT2D eigenvalue weighted by Crippen LogP contribution is 2.63. The maximum Gasteiger partial charge on any atom is 0.250 e. The summed E-state index contributed by atoms with van der Waals surface area (Å²) in [5.41, 5.74) is -0.764. The normalized spacial score (nSPS) is 29.9. The molecule has 3 N–H and O–H groups in total. The third-order valence-electron chi connectivity index (χ3n) is 8.21. The van der Waals surface area contributed by atoms with Crippen molar-refractivity contribution in [3.05, 3.63) is 72.8 Å². The molecule has 0 radical (unpaired) electrons. The number of rotatable bonds is 6. The van der Waals surface area contributed by atoms with Crippen LogP contribution in [0, 0.1) is 11.8 Å². The van der Waals surface area contributed by atoms with E-state index in [1.165, 1.54) is 4.90 Å². The Kier molecular flexibility index (Phi) is 5.54. The molecule has 3 aromatic rings. The molecule has 0 aromatic heterocycles. The second-order valence-corrected chi connectivity index (χ2v) is 10.4. The van der Waals surface area contributed by atoms with Gasteiger partial charge in [-0.05, 0) is 54.8 Å². The first kappa shape index (κ1) is 23.6. The van der Waals surface area contributed by atoms with Gasteiger partial charge in [0.05, 0.1) is 24.0 Å². The summed E-state index contributed by atoms with van der Waals surface area (Å²) in [6.07, 6.45) is 1.03. The van der Waals surface area contributed by atoms with Crippen LogP contribution in [0.2, 0.25) is 0 Å². The Morgan fingerprint density at radius 1 is 0.946 bits per heavy atom. The van der Waals surface area contributed by atoms with Gasteiger partial charge in [-0.15, -0.1) is 0 Å². The molecule has 6 rings (SSSR count). The zero-order valence-corrected chi connectivity index (χ0v) is 20.5. The standard InChI is InChI=1S/C29H29N3O5/c1-28-13-14-29(37-28)23(22(28)25(34)30-20-9-3-2-4-10-20)27(36)32(15-16-33)24(29)26(35)31-21-12-11-18-7-5-6-8-19(18)17-21/h2-12,17,22-24,33H,13-16H2,1H3,(H,30,34)(H,31,35)/t22-,23+,24?,28+,29?/m1/s1. The van der Waals surface area contributed by atoms with Crippen LogP contribution in [-0.4, -0.2) is 58.1 Å². The fourth-order valence-corrected chi connectivity index (χ4v) is 6.69. The van der Waals surface area contributed by atoms with Crippen LogP contribution < -0.4 is 10.6 Å². The zero-order chi connectivity index (χ0) is 25.8. The van der Waals surface area contributed by atoms with Gasteiger partial charge in [0.2, 0.25) is 17.7 Å². The molecule has 0 aliphatic carbocycles. The van der Waals surface area contributed by atoms with Crippen LogP contribution in [0.4, 0.5) is 11.4 Å². The van der Waals surface area contributed by atoms with Gasteiger partial charge >= 0.3 is 0 Å². The van der Waals surface area contributed by atoms with E-state index in [2.05, 4.69) is 10.6 Å². The van der Waals surface area contributed by atoms with Gasteiger partial charge in [-0.3, -0.25) is 14.4 Å². The van der Waals surface area contributed by atoms with Crippen molar-refractivity contribution in [2.45, 2.75) is 37.0 Å². The molecule has 5 atom stereocenters. The molecule has 3 aromatic carbocycles. The lowest BCUT2D eigenvalue weighted by Gasteiger charge is -2.33.